The number of aromatic nitrogens is 2. The van der Waals surface area contributed by atoms with Gasteiger partial charge in [0.05, 0.1) is 11.4 Å². The molecule has 10 heteroatoms. The van der Waals surface area contributed by atoms with Gasteiger partial charge in [0.15, 0.2) is 0 Å². The lowest BCUT2D eigenvalue weighted by Crippen LogP contribution is -2.44. The Labute approximate surface area is 202 Å². The van der Waals surface area contributed by atoms with Crippen molar-refractivity contribution in [2.24, 2.45) is 5.92 Å². The molecule has 2 N–H and O–H groups in total. The second-order valence-electron chi connectivity index (χ2n) is 9.07. The molecule has 1 aromatic heterocycles. The lowest BCUT2D eigenvalue weighted by molar-refractivity contribution is -0.126. The molecule has 1 atom stereocenters. The minimum Gasteiger partial charge on any atom is -0.353 e. The summed E-state index contributed by atoms with van der Waals surface area (Å²) < 4.78 is 29.7. The number of sulfonamides is 1. The highest BCUT2D eigenvalue weighted by Crippen LogP contribution is 2.28. The molecule has 1 fully saturated rings. The van der Waals surface area contributed by atoms with Gasteiger partial charge in [0.2, 0.25) is 21.8 Å². The van der Waals surface area contributed by atoms with Gasteiger partial charge in [0, 0.05) is 30.7 Å². The summed E-state index contributed by atoms with van der Waals surface area (Å²) in [6.45, 7) is 9.71. The molecule has 1 saturated heterocycles. The summed E-state index contributed by atoms with van der Waals surface area (Å²) >= 11 is 0. The highest BCUT2D eigenvalue weighted by Gasteiger charge is 2.35. The van der Waals surface area contributed by atoms with Crippen LogP contribution < -0.4 is 10.6 Å². The van der Waals surface area contributed by atoms with E-state index in [9.17, 15) is 18.0 Å². The van der Waals surface area contributed by atoms with E-state index in [1.165, 1.54) is 8.99 Å². The van der Waals surface area contributed by atoms with Gasteiger partial charge < -0.3 is 10.6 Å². The normalized spacial score (nSPS) is 16.3. The Bertz CT molecular complexity index is 1130. The number of amides is 2. The Morgan fingerprint density at radius 2 is 1.74 bits per heavy atom. The van der Waals surface area contributed by atoms with Crippen molar-refractivity contribution >= 4 is 27.5 Å². The molecule has 0 aliphatic carbocycles. The Morgan fingerprint density at radius 3 is 2.32 bits per heavy atom. The first-order valence-electron chi connectivity index (χ1n) is 11.7. The summed E-state index contributed by atoms with van der Waals surface area (Å²) in [5, 5.41) is 10.1. The molecule has 1 aliphatic rings. The molecule has 1 unspecified atom stereocenters. The first-order chi connectivity index (χ1) is 16.0. The molecule has 2 heterocycles. The number of anilines is 1. The summed E-state index contributed by atoms with van der Waals surface area (Å²) in [4.78, 5) is 25.1. The van der Waals surface area contributed by atoms with Crippen LogP contribution in [0, 0.1) is 26.7 Å². The van der Waals surface area contributed by atoms with Crippen LogP contribution in [0.3, 0.4) is 0 Å². The van der Waals surface area contributed by atoms with Crippen LogP contribution in [0.5, 0.6) is 0 Å². The van der Waals surface area contributed by atoms with Crippen LogP contribution in [-0.4, -0.2) is 53.4 Å². The molecular weight excluding hydrogens is 454 g/mol. The van der Waals surface area contributed by atoms with E-state index in [2.05, 4.69) is 15.7 Å². The Kier molecular flexibility index (Phi) is 8.14. The van der Waals surface area contributed by atoms with E-state index in [-0.39, 0.29) is 48.3 Å². The van der Waals surface area contributed by atoms with Gasteiger partial charge in [0.25, 0.3) is 0 Å². The van der Waals surface area contributed by atoms with Gasteiger partial charge in [-0.15, -0.1) is 0 Å². The van der Waals surface area contributed by atoms with Gasteiger partial charge >= 0.3 is 0 Å². The number of carbonyl (C=O) groups is 2. The number of rotatable bonds is 8. The molecule has 0 spiro atoms. The summed E-state index contributed by atoms with van der Waals surface area (Å²) in [6.07, 6.45) is 1.81. The van der Waals surface area contributed by atoms with E-state index >= 15 is 0 Å². The zero-order chi connectivity index (χ0) is 25.0. The maximum Gasteiger partial charge on any atom is 0.246 e. The molecule has 0 radical (unpaired) electrons. The van der Waals surface area contributed by atoms with Crippen molar-refractivity contribution in [3.8, 4) is 0 Å². The average molecular weight is 490 g/mol. The van der Waals surface area contributed by atoms with Gasteiger partial charge in [0.1, 0.15) is 11.4 Å². The standard InChI is InChI=1S/C24H35N5O4S/c1-6-17(3)25-24(31)20-11-13-28(14-12-20)34(32,33)23-18(4)27-29(19(23)5)15-22(30)26-21-9-7-16(2)8-10-21/h7-10,17,20H,6,11-15H2,1-5H3,(H,25,31)(H,26,30). The van der Waals surface area contributed by atoms with E-state index < -0.39 is 10.0 Å². The molecule has 3 rings (SSSR count). The van der Waals surface area contributed by atoms with Crippen molar-refractivity contribution < 1.29 is 18.0 Å². The van der Waals surface area contributed by atoms with Crippen LogP contribution >= 0.6 is 0 Å². The number of nitrogens with zero attached hydrogens (tertiary/aromatic N) is 3. The van der Waals surface area contributed by atoms with Gasteiger partial charge in [-0.1, -0.05) is 24.6 Å². The molecule has 186 valence electrons. The minimum absolute atomic E-state index is 0.00818. The van der Waals surface area contributed by atoms with Gasteiger partial charge in [-0.05, 0) is 59.1 Å². The van der Waals surface area contributed by atoms with Crippen LogP contribution in [-0.2, 0) is 26.2 Å². The third-order valence-corrected chi connectivity index (χ3v) is 8.52. The summed E-state index contributed by atoms with van der Waals surface area (Å²) in [6, 6.07) is 7.55. The predicted octanol–water partition coefficient (Wildman–Crippen LogP) is 2.76. The molecular formula is C24H35N5O4S. The Hall–Kier alpha value is -2.72. The summed E-state index contributed by atoms with van der Waals surface area (Å²) in [5.41, 5.74) is 2.54. The zero-order valence-electron chi connectivity index (χ0n) is 20.6. The number of hydrogen-bond acceptors (Lipinski definition) is 5. The number of aryl methyl sites for hydroxylation is 2. The average Bonchev–Trinajstić information content (AvgIpc) is 3.08. The maximum atomic E-state index is 13.4. The molecule has 9 nitrogen and oxygen atoms in total. The lowest BCUT2D eigenvalue weighted by atomic mass is 9.97. The van der Waals surface area contributed by atoms with Crippen LogP contribution in [0.2, 0.25) is 0 Å². The van der Waals surface area contributed by atoms with Crippen molar-refractivity contribution in [1.82, 2.24) is 19.4 Å². The van der Waals surface area contributed by atoms with Gasteiger partial charge in [-0.3, -0.25) is 14.3 Å². The van der Waals surface area contributed by atoms with Crippen molar-refractivity contribution in [3.63, 3.8) is 0 Å². The van der Waals surface area contributed by atoms with Crippen molar-refractivity contribution in [2.45, 2.75) is 71.4 Å². The molecule has 1 aromatic carbocycles. The summed E-state index contributed by atoms with van der Waals surface area (Å²) in [5.74, 6) is -0.478. The second-order valence-corrected chi connectivity index (χ2v) is 10.9. The summed E-state index contributed by atoms with van der Waals surface area (Å²) in [7, 11) is -3.79. The van der Waals surface area contributed by atoms with E-state index in [4.69, 9.17) is 0 Å². The maximum absolute atomic E-state index is 13.4. The SMILES string of the molecule is CCC(C)NC(=O)C1CCN(S(=O)(=O)c2c(C)nn(CC(=O)Nc3ccc(C)cc3)c2C)CC1. The lowest BCUT2D eigenvalue weighted by Gasteiger charge is -2.31. The Morgan fingerprint density at radius 1 is 1.12 bits per heavy atom. The van der Waals surface area contributed by atoms with E-state index in [1.54, 1.807) is 13.8 Å². The van der Waals surface area contributed by atoms with Crippen LogP contribution in [0.25, 0.3) is 0 Å². The number of benzene rings is 1. The minimum atomic E-state index is -3.79. The molecule has 2 aromatic rings. The van der Waals surface area contributed by atoms with E-state index in [0.29, 0.717) is 29.9 Å². The van der Waals surface area contributed by atoms with Gasteiger partial charge in [-0.2, -0.15) is 9.40 Å². The molecule has 34 heavy (non-hydrogen) atoms. The predicted molar refractivity (Wildman–Crippen MR) is 131 cm³/mol. The largest absolute Gasteiger partial charge is 0.353 e. The quantitative estimate of drug-likeness (QED) is 0.592. The molecule has 2 amide bonds. The topological polar surface area (TPSA) is 113 Å². The highest BCUT2D eigenvalue weighted by atomic mass is 32.2. The van der Waals surface area contributed by atoms with Crippen molar-refractivity contribution in [3.05, 3.63) is 41.2 Å². The Balaban J connectivity index is 1.68. The zero-order valence-corrected chi connectivity index (χ0v) is 21.4. The number of nitrogens with one attached hydrogen (secondary N) is 2. The number of piperidine rings is 1. The first-order valence-corrected chi connectivity index (χ1v) is 13.2. The van der Waals surface area contributed by atoms with E-state index in [0.717, 1.165) is 12.0 Å². The van der Waals surface area contributed by atoms with Crippen LogP contribution in [0.1, 0.15) is 50.1 Å². The fourth-order valence-electron chi connectivity index (χ4n) is 4.13. The fraction of sp³-hybridized carbons (Fsp3) is 0.542. The third kappa shape index (κ3) is 5.85. The molecule has 0 bridgehead atoms. The van der Waals surface area contributed by atoms with Gasteiger partial charge in [-0.25, -0.2) is 8.42 Å². The fourth-order valence-corrected chi connectivity index (χ4v) is 5.97. The van der Waals surface area contributed by atoms with Crippen molar-refractivity contribution in [2.75, 3.05) is 18.4 Å². The van der Waals surface area contributed by atoms with Crippen molar-refractivity contribution in [1.29, 1.82) is 0 Å². The smallest absolute Gasteiger partial charge is 0.246 e. The monoisotopic (exact) mass is 489 g/mol. The third-order valence-electron chi connectivity index (χ3n) is 6.37. The van der Waals surface area contributed by atoms with Crippen LogP contribution in [0.15, 0.2) is 29.2 Å². The number of carbonyl (C=O) groups excluding carboxylic acids is 2. The molecule has 1 aliphatic heterocycles. The van der Waals surface area contributed by atoms with Crippen LogP contribution in [0.4, 0.5) is 5.69 Å². The highest BCUT2D eigenvalue weighted by molar-refractivity contribution is 7.89. The number of hydrogen-bond donors (Lipinski definition) is 2. The van der Waals surface area contributed by atoms with E-state index in [1.807, 2.05) is 45.0 Å². The first kappa shape index (κ1) is 25.9. The second kappa shape index (κ2) is 10.7. The molecule has 0 saturated carbocycles.